The second kappa shape index (κ2) is 13.1. The molecule has 2 aromatic rings. The number of nitrogens with one attached hydrogen (secondary N) is 1. The van der Waals surface area contributed by atoms with E-state index in [0.29, 0.717) is 21.3 Å². The molecule has 7 nitrogen and oxygen atoms in total. The van der Waals surface area contributed by atoms with E-state index in [0.717, 1.165) is 60.4 Å². The lowest BCUT2D eigenvalue weighted by atomic mass is 9.48. The Bertz CT molecular complexity index is 1470. The fraction of sp³-hybridized carbons (Fsp3) is 0.600. The lowest BCUT2D eigenvalue weighted by molar-refractivity contribution is -0.139. The minimum atomic E-state index is -3.83. The van der Waals surface area contributed by atoms with E-state index in [9.17, 15) is 18.0 Å². The molecular weight excluding hydrogens is 629 g/mol. The van der Waals surface area contributed by atoms with Gasteiger partial charge in [-0.15, -0.1) is 0 Å². The number of carbonyl (C=O) groups is 2. The summed E-state index contributed by atoms with van der Waals surface area (Å²) in [4.78, 5) is 29.0. The normalized spacial score (nSPS) is 26.8. The highest BCUT2D eigenvalue weighted by atomic mass is 35.5. The first-order chi connectivity index (χ1) is 21.4. The summed E-state index contributed by atoms with van der Waals surface area (Å²) in [5, 5.41) is 3.86. The van der Waals surface area contributed by atoms with Gasteiger partial charge >= 0.3 is 0 Å². The van der Waals surface area contributed by atoms with E-state index >= 15 is 0 Å². The number of halogens is 2. The fourth-order valence-electron chi connectivity index (χ4n) is 9.06. The molecule has 0 spiro atoms. The summed E-state index contributed by atoms with van der Waals surface area (Å²) in [6.07, 6.45) is 13.9. The molecule has 1 atom stereocenters. The number of rotatable bonds is 10. The van der Waals surface area contributed by atoms with Gasteiger partial charge in [0.25, 0.3) is 0 Å². The van der Waals surface area contributed by atoms with Crippen molar-refractivity contribution in [2.75, 3.05) is 17.1 Å². The van der Waals surface area contributed by atoms with Crippen LogP contribution in [0.25, 0.3) is 0 Å². The van der Waals surface area contributed by atoms with Crippen molar-refractivity contribution in [2.24, 2.45) is 17.8 Å². The highest BCUT2D eigenvalue weighted by Gasteiger charge is 2.51. The third-order valence-corrected chi connectivity index (χ3v) is 12.8. The number of hydrogen-bond acceptors (Lipinski definition) is 4. The Labute approximate surface area is 278 Å². The molecule has 2 aromatic carbocycles. The van der Waals surface area contributed by atoms with Crippen LogP contribution in [0.3, 0.4) is 0 Å². The van der Waals surface area contributed by atoms with Crippen LogP contribution in [0.15, 0.2) is 42.5 Å². The highest BCUT2D eigenvalue weighted by Crippen LogP contribution is 2.60. The maximum absolute atomic E-state index is 14.1. The van der Waals surface area contributed by atoms with Crippen LogP contribution >= 0.6 is 23.2 Å². The van der Waals surface area contributed by atoms with Crippen LogP contribution in [0.1, 0.15) is 88.7 Å². The van der Waals surface area contributed by atoms with Crippen molar-refractivity contribution in [1.82, 2.24) is 10.2 Å². The van der Waals surface area contributed by atoms with E-state index in [1.165, 1.54) is 49.0 Å². The standard InChI is InChI=1S/C35H45Cl2N3O4S/c1-23(34(42)38-28-7-4-3-5-8-28)39(21-30-31(36)9-6-10-32(30)37)33(41)22-40(45(2,43)44)29-13-11-27(12-14-29)35-18-24-15-25(19-35)17-26(16-24)20-35/h6,9-14,23-26,28H,3-5,7-8,15-22H2,1-2H3,(H,38,42)/t23-,24?,25?,26?,35?/m1/s1. The van der Waals surface area contributed by atoms with E-state index in [1.807, 2.05) is 12.1 Å². The largest absolute Gasteiger partial charge is 0.352 e. The molecule has 5 fully saturated rings. The van der Waals surface area contributed by atoms with Crippen LogP contribution in [0.5, 0.6) is 0 Å². The first kappa shape index (κ1) is 32.6. The molecule has 45 heavy (non-hydrogen) atoms. The van der Waals surface area contributed by atoms with E-state index < -0.39 is 28.5 Å². The van der Waals surface area contributed by atoms with E-state index in [1.54, 1.807) is 25.1 Å². The Morgan fingerprint density at radius 3 is 2.00 bits per heavy atom. The Morgan fingerprint density at radius 2 is 1.47 bits per heavy atom. The van der Waals surface area contributed by atoms with Crippen LogP contribution in [-0.2, 0) is 31.6 Å². The average molecular weight is 675 g/mol. The molecule has 2 amide bonds. The number of amides is 2. The van der Waals surface area contributed by atoms with E-state index in [-0.39, 0.29) is 23.9 Å². The first-order valence-corrected chi connectivity index (χ1v) is 19.1. The van der Waals surface area contributed by atoms with Gasteiger partial charge in [0, 0.05) is 28.2 Å². The quantitative estimate of drug-likeness (QED) is 0.292. The van der Waals surface area contributed by atoms with Gasteiger partial charge in [0.05, 0.1) is 11.9 Å². The summed E-state index contributed by atoms with van der Waals surface area (Å²) in [6.45, 7) is 1.20. The van der Waals surface area contributed by atoms with Gasteiger partial charge in [0.2, 0.25) is 21.8 Å². The number of hydrogen-bond donors (Lipinski definition) is 1. The number of benzene rings is 2. The molecule has 0 heterocycles. The van der Waals surface area contributed by atoms with Gasteiger partial charge < -0.3 is 10.2 Å². The van der Waals surface area contributed by atoms with Crippen molar-refractivity contribution in [1.29, 1.82) is 0 Å². The maximum atomic E-state index is 14.1. The zero-order valence-electron chi connectivity index (χ0n) is 26.3. The van der Waals surface area contributed by atoms with Gasteiger partial charge in [-0.2, -0.15) is 0 Å². The maximum Gasteiger partial charge on any atom is 0.244 e. The molecule has 5 saturated carbocycles. The Balaban J connectivity index is 1.24. The molecule has 0 radical (unpaired) electrons. The van der Waals surface area contributed by atoms with E-state index in [2.05, 4.69) is 17.4 Å². The Hall–Kier alpha value is -2.29. The monoisotopic (exact) mass is 673 g/mol. The van der Waals surface area contributed by atoms with Crippen molar-refractivity contribution < 1.29 is 18.0 Å². The van der Waals surface area contributed by atoms with Gasteiger partial charge in [-0.1, -0.05) is 60.7 Å². The highest BCUT2D eigenvalue weighted by molar-refractivity contribution is 7.92. The molecule has 0 aromatic heterocycles. The lowest BCUT2D eigenvalue weighted by Crippen LogP contribution is -2.53. The van der Waals surface area contributed by atoms with Crippen LogP contribution in [0, 0.1) is 17.8 Å². The third-order valence-electron chi connectivity index (χ3n) is 11.0. The molecule has 0 unspecified atom stereocenters. The topological polar surface area (TPSA) is 86.8 Å². The molecule has 1 N–H and O–H groups in total. The minimum absolute atomic E-state index is 0.0286. The van der Waals surface area contributed by atoms with Crippen LogP contribution in [0.4, 0.5) is 5.69 Å². The van der Waals surface area contributed by atoms with Crippen molar-refractivity contribution in [3.63, 3.8) is 0 Å². The number of anilines is 1. The molecule has 0 aliphatic heterocycles. The average Bonchev–Trinajstić information content (AvgIpc) is 2.99. The molecule has 10 heteroatoms. The van der Waals surface area contributed by atoms with Crippen molar-refractivity contribution in [3.8, 4) is 0 Å². The van der Waals surface area contributed by atoms with Crippen LogP contribution in [0.2, 0.25) is 10.0 Å². The number of carbonyl (C=O) groups excluding carboxylic acids is 2. The molecule has 244 valence electrons. The number of nitrogens with zero attached hydrogens (tertiary/aromatic N) is 2. The summed E-state index contributed by atoms with van der Waals surface area (Å²) in [6, 6.07) is 12.1. The van der Waals surface area contributed by atoms with Gasteiger partial charge in [-0.25, -0.2) is 8.42 Å². The summed E-state index contributed by atoms with van der Waals surface area (Å²) < 4.78 is 27.5. The second-order valence-electron chi connectivity index (χ2n) is 14.3. The summed E-state index contributed by atoms with van der Waals surface area (Å²) >= 11 is 13.0. The third kappa shape index (κ3) is 7.03. The Morgan fingerprint density at radius 1 is 0.911 bits per heavy atom. The van der Waals surface area contributed by atoms with Gasteiger partial charge in [-0.05, 0) is 111 Å². The van der Waals surface area contributed by atoms with Gasteiger partial charge in [0.1, 0.15) is 12.6 Å². The van der Waals surface area contributed by atoms with Crippen molar-refractivity contribution in [3.05, 3.63) is 63.6 Å². The number of sulfonamides is 1. The van der Waals surface area contributed by atoms with E-state index in [4.69, 9.17) is 23.2 Å². The Kier molecular flexibility index (Phi) is 9.48. The van der Waals surface area contributed by atoms with Crippen LogP contribution in [-0.4, -0.2) is 50.0 Å². The summed E-state index contributed by atoms with van der Waals surface area (Å²) in [7, 11) is -3.83. The summed E-state index contributed by atoms with van der Waals surface area (Å²) in [5.41, 5.74) is 2.42. The van der Waals surface area contributed by atoms with Gasteiger partial charge in [-0.3, -0.25) is 13.9 Å². The predicted octanol–water partition coefficient (Wildman–Crippen LogP) is 7.09. The molecule has 7 rings (SSSR count). The molecule has 5 aliphatic carbocycles. The fourth-order valence-corrected chi connectivity index (χ4v) is 10.4. The van der Waals surface area contributed by atoms with Crippen molar-refractivity contribution >= 4 is 50.7 Å². The summed E-state index contributed by atoms with van der Waals surface area (Å²) in [5.74, 6) is 1.63. The first-order valence-electron chi connectivity index (χ1n) is 16.5. The molecule has 5 aliphatic rings. The predicted molar refractivity (Wildman–Crippen MR) is 180 cm³/mol. The zero-order valence-corrected chi connectivity index (χ0v) is 28.6. The molecular formula is C35H45Cl2N3O4S. The van der Waals surface area contributed by atoms with Gasteiger partial charge in [0.15, 0.2) is 0 Å². The second-order valence-corrected chi connectivity index (χ2v) is 17.0. The van der Waals surface area contributed by atoms with Crippen LogP contribution < -0.4 is 9.62 Å². The SMILES string of the molecule is C[C@H](C(=O)NC1CCCCC1)N(Cc1c(Cl)cccc1Cl)C(=O)CN(c1ccc(C23CC4CC(CC(C4)C2)C3)cc1)S(C)(=O)=O. The zero-order chi connectivity index (χ0) is 31.9. The molecule has 0 saturated heterocycles. The molecule has 4 bridgehead atoms. The smallest absolute Gasteiger partial charge is 0.244 e. The minimum Gasteiger partial charge on any atom is -0.352 e. The van der Waals surface area contributed by atoms with Crippen molar-refractivity contribution in [2.45, 2.75) is 102 Å². The lowest BCUT2D eigenvalue weighted by Gasteiger charge is -2.57.